The molecule has 1 atom stereocenters. The second kappa shape index (κ2) is 8.29. The number of likely N-dealkylation sites (N-methyl/N-ethyl adjacent to an activating group) is 1. The first-order valence-corrected chi connectivity index (χ1v) is 8.72. The van der Waals surface area contributed by atoms with Crippen LogP contribution in [-0.2, 0) is 9.53 Å². The van der Waals surface area contributed by atoms with Crippen LogP contribution in [0.2, 0.25) is 0 Å². The number of hydrogen-bond donors (Lipinski definition) is 0. The molecular weight excluding hydrogens is 330 g/mol. The van der Waals surface area contributed by atoms with Crippen LogP contribution in [-0.4, -0.2) is 68.1 Å². The lowest BCUT2D eigenvalue weighted by atomic mass is 10.1. The molecule has 1 saturated heterocycles. The van der Waals surface area contributed by atoms with E-state index in [0.29, 0.717) is 26.2 Å². The average molecular weight is 355 g/mol. The number of nitrogens with zero attached hydrogens (tertiary/aromatic N) is 3. The largest absolute Gasteiger partial charge is 0.497 e. The molecule has 6 nitrogen and oxygen atoms in total. The quantitative estimate of drug-likeness (QED) is 0.823. The van der Waals surface area contributed by atoms with E-state index in [-0.39, 0.29) is 12.0 Å². The monoisotopic (exact) mass is 355 g/mol. The molecule has 0 N–H and O–H groups in total. The van der Waals surface area contributed by atoms with Crippen molar-refractivity contribution in [2.75, 3.05) is 47.4 Å². The number of pyridine rings is 1. The summed E-state index contributed by atoms with van der Waals surface area (Å²) in [6.45, 7) is 2.09. The number of morpholine rings is 1. The normalized spacial score (nSPS) is 17.4. The van der Waals surface area contributed by atoms with Gasteiger partial charge in [-0.2, -0.15) is 0 Å². The third-order valence-corrected chi connectivity index (χ3v) is 4.36. The maximum absolute atomic E-state index is 12.3. The predicted octanol–water partition coefficient (Wildman–Crippen LogP) is 2.22. The molecular formula is C20H25N3O3. The van der Waals surface area contributed by atoms with Crippen molar-refractivity contribution in [3.05, 3.63) is 48.2 Å². The van der Waals surface area contributed by atoms with Gasteiger partial charge in [0.1, 0.15) is 11.9 Å². The fourth-order valence-electron chi connectivity index (χ4n) is 2.98. The number of methoxy groups -OCH3 is 1. The number of benzene rings is 1. The van der Waals surface area contributed by atoms with Crippen LogP contribution in [0.1, 0.15) is 11.8 Å². The molecule has 6 heteroatoms. The number of ether oxygens (including phenoxy) is 2. The summed E-state index contributed by atoms with van der Waals surface area (Å²) in [7, 11) is 5.45. The van der Waals surface area contributed by atoms with E-state index in [4.69, 9.17) is 14.5 Å². The number of carbonyl (C=O) groups excluding carboxylic acids is 1. The predicted molar refractivity (Wildman–Crippen MR) is 100 cm³/mol. The van der Waals surface area contributed by atoms with Crippen LogP contribution in [0, 0.1) is 0 Å². The Hall–Kier alpha value is -2.44. The molecule has 26 heavy (non-hydrogen) atoms. The Balaban J connectivity index is 1.75. The highest BCUT2D eigenvalue weighted by molar-refractivity contribution is 5.78. The first-order valence-electron chi connectivity index (χ1n) is 8.72. The smallest absolute Gasteiger partial charge is 0.236 e. The zero-order chi connectivity index (χ0) is 18.5. The van der Waals surface area contributed by atoms with Crippen molar-refractivity contribution in [2.24, 2.45) is 0 Å². The molecule has 0 spiro atoms. The molecule has 1 aromatic heterocycles. The molecule has 0 aliphatic carbocycles. The van der Waals surface area contributed by atoms with Crippen molar-refractivity contribution in [1.29, 1.82) is 0 Å². The van der Waals surface area contributed by atoms with Gasteiger partial charge in [0, 0.05) is 12.1 Å². The van der Waals surface area contributed by atoms with Gasteiger partial charge in [-0.05, 0) is 50.5 Å². The minimum Gasteiger partial charge on any atom is -0.497 e. The topological polar surface area (TPSA) is 54.9 Å². The molecule has 138 valence electrons. The first kappa shape index (κ1) is 18.4. The molecule has 1 aromatic carbocycles. The zero-order valence-corrected chi connectivity index (χ0v) is 15.5. The Bertz CT molecular complexity index is 746. The van der Waals surface area contributed by atoms with Gasteiger partial charge in [0.2, 0.25) is 5.91 Å². The molecule has 2 aromatic rings. The molecule has 1 aliphatic rings. The van der Waals surface area contributed by atoms with Crippen molar-refractivity contribution in [3.63, 3.8) is 0 Å². The Morgan fingerprint density at radius 2 is 2.04 bits per heavy atom. The molecule has 1 fully saturated rings. The van der Waals surface area contributed by atoms with Crippen LogP contribution >= 0.6 is 0 Å². The van der Waals surface area contributed by atoms with Crippen LogP contribution in [0.5, 0.6) is 5.75 Å². The molecule has 3 rings (SSSR count). The van der Waals surface area contributed by atoms with Crippen LogP contribution in [0.15, 0.2) is 42.5 Å². The summed E-state index contributed by atoms with van der Waals surface area (Å²) in [5.74, 6) is 0.935. The number of carbonyl (C=O) groups is 1. The van der Waals surface area contributed by atoms with Gasteiger partial charge in [-0.15, -0.1) is 0 Å². The van der Waals surface area contributed by atoms with Crippen LogP contribution < -0.4 is 4.74 Å². The highest BCUT2D eigenvalue weighted by Crippen LogP contribution is 2.25. The van der Waals surface area contributed by atoms with Crippen molar-refractivity contribution < 1.29 is 14.3 Å². The van der Waals surface area contributed by atoms with E-state index in [9.17, 15) is 4.79 Å². The highest BCUT2D eigenvalue weighted by Gasteiger charge is 2.26. The molecule has 0 unspecified atom stereocenters. The number of hydrogen-bond acceptors (Lipinski definition) is 5. The number of rotatable bonds is 5. The molecule has 0 bridgehead atoms. The molecule has 0 radical (unpaired) electrons. The van der Waals surface area contributed by atoms with Gasteiger partial charge >= 0.3 is 0 Å². The molecule has 1 amide bonds. The van der Waals surface area contributed by atoms with Gasteiger partial charge in [0.15, 0.2) is 0 Å². The van der Waals surface area contributed by atoms with Gasteiger partial charge in [-0.3, -0.25) is 4.79 Å². The lowest BCUT2D eigenvalue weighted by molar-refractivity contribution is -0.139. The first-order chi connectivity index (χ1) is 12.6. The van der Waals surface area contributed by atoms with Gasteiger partial charge < -0.3 is 19.3 Å². The standard InChI is InChI=1S/C20H25N3O3/c1-22(2)14-20(24)23-11-12-26-19(13-23)18-6-4-5-17(21-18)15-7-9-16(25-3)10-8-15/h4-10,19H,11-14H2,1-3H3/t19-/m0/s1. The maximum Gasteiger partial charge on any atom is 0.236 e. The Kier molecular flexibility index (Phi) is 5.85. The van der Waals surface area contributed by atoms with Crippen molar-refractivity contribution >= 4 is 5.91 Å². The van der Waals surface area contributed by atoms with E-state index in [1.54, 1.807) is 7.11 Å². The zero-order valence-electron chi connectivity index (χ0n) is 15.5. The van der Waals surface area contributed by atoms with Crippen LogP contribution in [0.4, 0.5) is 0 Å². The summed E-state index contributed by atoms with van der Waals surface area (Å²) in [6, 6.07) is 13.7. The number of aromatic nitrogens is 1. The van der Waals surface area contributed by atoms with Gasteiger partial charge in [-0.25, -0.2) is 4.98 Å². The van der Waals surface area contributed by atoms with Gasteiger partial charge in [0.05, 0.1) is 38.2 Å². The minimum absolute atomic E-state index is 0.120. The SMILES string of the molecule is COc1ccc(-c2cccc([C@@H]3CN(C(=O)CN(C)C)CCO3)n2)cc1. The Labute approximate surface area is 154 Å². The van der Waals surface area contributed by atoms with E-state index in [1.807, 2.05) is 66.4 Å². The van der Waals surface area contributed by atoms with Crippen molar-refractivity contribution in [1.82, 2.24) is 14.8 Å². The number of amides is 1. The Morgan fingerprint density at radius 3 is 2.73 bits per heavy atom. The third-order valence-electron chi connectivity index (χ3n) is 4.36. The second-order valence-corrected chi connectivity index (χ2v) is 6.61. The van der Waals surface area contributed by atoms with E-state index in [2.05, 4.69) is 0 Å². The van der Waals surface area contributed by atoms with Crippen molar-refractivity contribution in [2.45, 2.75) is 6.10 Å². The lowest BCUT2D eigenvalue weighted by Crippen LogP contribution is -2.45. The summed E-state index contributed by atoms with van der Waals surface area (Å²) in [5.41, 5.74) is 2.75. The third kappa shape index (κ3) is 4.39. The van der Waals surface area contributed by atoms with Gasteiger partial charge in [-0.1, -0.05) is 6.07 Å². The fourth-order valence-corrected chi connectivity index (χ4v) is 2.98. The maximum atomic E-state index is 12.3. The summed E-state index contributed by atoms with van der Waals surface area (Å²) >= 11 is 0. The van der Waals surface area contributed by atoms with E-state index in [0.717, 1.165) is 22.7 Å². The van der Waals surface area contributed by atoms with Crippen LogP contribution in [0.25, 0.3) is 11.3 Å². The van der Waals surface area contributed by atoms with Crippen molar-refractivity contribution in [3.8, 4) is 17.0 Å². The van der Waals surface area contributed by atoms with E-state index in [1.165, 1.54) is 0 Å². The summed E-state index contributed by atoms with van der Waals surface area (Å²) in [6.07, 6.45) is -0.201. The fraction of sp³-hybridized carbons (Fsp3) is 0.400. The summed E-state index contributed by atoms with van der Waals surface area (Å²) in [4.78, 5) is 20.8. The summed E-state index contributed by atoms with van der Waals surface area (Å²) in [5, 5.41) is 0. The lowest BCUT2D eigenvalue weighted by Gasteiger charge is -2.33. The minimum atomic E-state index is -0.201. The van der Waals surface area contributed by atoms with Crippen LogP contribution in [0.3, 0.4) is 0 Å². The average Bonchev–Trinajstić information content (AvgIpc) is 2.68. The molecule has 0 saturated carbocycles. The van der Waals surface area contributed by atoms with E-state index < -0.39 is 0 Å². The second-order valence-electron chi connectivity index (χ2n) is 6.61. The molecule has 1 aliphatic heterocycles. The summed E-state index contributed by atoms with van der Waals surface area (Å²) < 4.78 is 11.1. The van der Waals surface area contributed by atoms with E-state index >= 15 is 0 Å². The highest BCUT2D eigenvalue weighted by atomic mass is 16.5. The Morgan fingerprint density at radius 1 is 1.27 bits per heavy atom. The van der Waals surface area contributed by atoms with Gasteiger partial charge in [0.25, 0.3) is 0 Å². The molecule has 2 heterocycles.